The largest absolute Gasteiger partial charge is 0.491 e. The Kier molecular flexibility index (Phi) is 11.7. The molecule has 2 aromatic carbocycles. The van der Waals surface area contributed by atoms with Crippen LogP contribution >= 0.6 is 11.6 Å². The van der Waals surface area contributed by atoms with Crippen LogP contribution < -0.4 is 14.2 Å². The zero-order valence-corrected chi connectivity index (χ0v) is 36.5. The van der Waals surface area contributed by atoms with E-state index in [2.05, 4.69) is 14.7 Å². The van der Waals surface area contributed by atoms with Gasteiger partial charge in [-0.2, -0.15) is 4.98 Å². The summed E-state index contributed by atoms with van der Waals surface area (Å²) in [4.78, 5) is 63.6. The highest BCUT2D eigenvalue weighted by atomic mass is 35.5. The van der Waals surface area contributed by atoms with Crippen molar-refractivity contribution in [2.75, 3.05) is 6.54 Å². The number of fused-ring (bicyclic) bond motifs is 5. The lowest BCUT2D eigenvalue weighted by atomic mass is 9.90. The molecule has 2 aliphatic carbocycles. The second-order valence-corrected chi connectivity index (χ2v) is 19.8. The molecule has 17 heteroatoms. The van der Waals surface area contributed by atoms with Gasteiger partial charge in [-0.05, 0) is 107 Å². The molecule has 4 aliphatic rings. The minimum atomic E-state index is -3.89. The first-order valence-corrected chi connectivity index (χ1v) is 23.6. The van der Waals surface area contributed by atoms with Crippen LogP contribution in [0.5, 0.6) is 11.6 Å². The molecule has 1 N–H and O–H groups in total. The van der Waals surface area contributed by atoms with Gasteiger partial charge in [0, 0.05) is 42.3 Å². The number of aromatic nitrogens is 4. The predicted octanol–water partition coefficient (Wildman–Crippen LogP) is 7.71. The van der Waals surface area contributed by atoms with Crippen molar-refractivity contribution < 1.29 is 41.1 Å². The van der Waals surface area contributed by atoms with Gasteiger partial charge in [-0.15, -0.1) is 0 Å². The third-order valence-corrected chi connectivity index (χ3v) is 14.5. The summed E-state index contributed by atoms with van der Waals surface area (Å²) in [7, 11) is -3.89. The number of sulfonamides is 1. The lowest BCUT2D eigenvalue weighted by molar-refractivity contribution is -0.142. The zero-order valence-electron chi connectivity index (χ0n) is 35.0. The van der Waals surface area contributed by atoms with Gasteiger partial charge in [0.1, 0.15) is 39.7 Å². The second kappa shape index (κ2) is 17.2. The monoisotopic (exact) mass is 898 g/mol. The summed E-state index contributed by atoms with van der Waals surface area (Å²) in [6.07, 6.45) is 9.49. The first-order chi connectivity index (χ1) is 30.3. The van der Waals surface area contributed by atoms with Crippen LogP contribution in [0, 0.1) is 23.1 Å². The van der Waals surface area contributed by atoms with Gasteiger partial charge in [0.15, 0.2) is 11.6 Å². The summed E-state index contributed by atoms with van der Waals surface area (Å²) in [5.41, 5.74) is 0.177. The van der Waals surface area contributed by atoms with Crippen LogP contribution in [0.3, 0.4) is 0 Å². The first-order valence-electron chi connectivity index (χ1n) is 21.6. The number of hydrogen-bond acceptors (Lipinski definition) is 12. The van der Waals surface area contributed by atoms with Gasteiger partial charge in [-0.1, -0.05) is 36.6 Å². The molecule has 3 aromatic heterocycles. The van der Waals surface area contributed by atoms with E-state index in [0.29, 0.717) is 59.3 Å². The molecule has 0 bridgehead atoms. The van der Waals surface area contributed by atoms with E-state index < -0.39 is 50.5 Å². The van der Waals surface area contributed by atoms with Crippen molar-refractivity contribution in [2.45, 2.75) is 108 Å². The Labute approximate surface area is 369 Å². The number of nitrogens with one attached hydrogen (secondary N) is 1. The maximum Gasteiger partial charge on any atom is 0.262 e. The van der Waals surface area contributed by atoms with Crippen molar-refractivity contribution in [1.29, 1.82) is 0 Å². The van der Waals surface area contributed by atoms with Crippen LogP contribution in [-0.2, 0) is 30.8 Å². The maximum atomic E-state index is 14.9. The van der Waals surface area contributed by atoms with Crippen LogP contribution in [-0.4, -0.2) is 80.9 Å². The van der Waals surface area contributed by atoms with Crippen molar-refractivity contribution in [3.05, 3.63) is 83.7 Å². The molecule has 5 heterocycles. The standard InChI is InChI=1S/C46H48ClFN6O8S/c1-26(2)60-31-13-10-27(11-14-31)42-51-40-34-21-30(48)12-17-37(34)62-41(40)43(52-42)61-32-22-35-36(55)24-46(45(57)53-63(58,59)33-15-16-33)23-29(46)9-7-5-3-4-6-8-28(44(56)54(35)25-32)20-39-49-19-18-38(47)50-39/h7,9-14,17-19,21,26,28-29,32-33,35H,3-6,8,15-16,20,22-25H2,1-2H3,(H,53,57)/b9-7-/t28-,29+,32-,35+,46-/m1/s1. The number of Topliss-reactive ketones (excluding diaryl/α,β-unsaturated/α-hetero) is 1. The number of amides is 2. The molecule has 3 fully saturated rings. The summed E-state index contributed by atoms with van der Waals surface area (Å²) in [6.45, 7) is 3.84. The molecule has 2 aliphatic heterocycles. The molecule has 9 rings (SSSR count). The smallest absolute Gasteiger partial charge is 0.262 e. The summed E-state index contributed by atoms with van der Waals surface area (Å²) < 4.78 is 61.7. The Morgan fingerprint density at radius 3 is 2.62 bits per heavy atom. The van der Waals surface area contributed by atoms with Gasteiger partial charge < -0.3 is 18.8 Å². The number of halogens is 2. The Balaban J connectivity index is 1.08. The summed E-state index contributed by atoms with van der Waals surface area (Å²) in [5.74, 6) is -1.45. The molecule has 63 heavy (non-hydrogen) atoms. The van der Waals surface area contributed by atoms with Crippen LogP contribution in [0.15, 0.2) is 71.3 Å². The number of rotatable bonds is 10. The van der Waals surface area contributed by atoms with E-state index in [1.165, 1.54) is 29.3 Å². The highest BCUT2D eigenvalue weighted by Crippen LogP contribution is 2.57. The highest BCUT2D eigenvalue weighted by molar-refractivity contribution is 7.90. The number of benzene rings is 2. The Hall–Kier alpha value is -5.48. The lowest BCUT2D eigenvalue weighted by Crippen LogP contribution is -2.46. The van der Waals surface area contributed by atoms with E-state index in [9.17, 15) is 27.2 Å². The Morgan fingerprint density at radius 2 is 1.86 bits per heavy atom. The Morgan fingerprint density at radius 1 is 1.05 bits per heavy atom. The van der Waals surface area contributed by atoms with E-state index >= 15 is 0 Å². The average molecular weight is 899 g/mol. The normalized spacial score (nSPS) is 25.0. The van der Waals surface area contributed by atoms with Crippen molar-refractivity contribution in [1.82, 2.24) is 29.6 Å². The minimum Gasteiger partial charge on any atom is -0.491 e. The molecular formula is C46H48ClFN6O8S. The van der Waals surface area contributed by atoms with Crippen molar-refractivity contribution in [3.63, 3.8) is 0 Å². The van der Waals surface area contributed by atoms with E-state index in [0.717, 1.165) is 25.7 Å². The van der Waals surface area contributed by atoms with Crippen molar-refractivity contribution >= 4 is 61.3 Å². The molecule has 0 unspecified atom stereocenters. The average Bonchev–Trinajstić information content (AvgIpc) is 4.15. The molecule has 0 spiro atoms. The first kappa shape index (κ1) is 42.8. The number of ether oxygens (including phenoxy) is 2. The number of carbonyl (C=O) groups excluding carboxylic acids is 3. The molecule has 330 valence electrons. The van der Waals surface area contributed by atoms with Gasteiger partial charge in [0.2, 0.25) is 27.4 Å². The predicted molar refractivity (Wildman–Crippen MR) is 232 cm³/mol. The van der Waals surface area contributed by atoms with E-state index in [1.807, 2.05) is 26.0 Å². The maximum absolute atomic E-state index is 14.9. The fourth-order valence-electron chi connectivity index (χ4n) is 8.93. The molecule has 1 saturated heterocycles. The molecule has 5 atom stereocenters. The van der Waals surface area contributed by atoms with E-state index in [4.69, 9.17) is 35.5 Å². The number of allylic oxidation sites excluding steroid dienone is 2. The number of furan rings is 1. The van der Waals surface area contributed by atoms with Crippen LogP contribution in [0.2, 0.25) is 5.15 Å². The summed E-state index contributed by atoms with van der Waals surface area (Å²) >= 11 is 6.24. The number of ketones is 1. The SMILES string of the molecule is CC(C)Oc1ccc(-c2nc(O[C@@H]3C[C@H]4C(=O)C[C@]5(C(=O)NS(=O)(=O)C6CC6)C[C@@H]5/C=C\CCCCC[C@H](Cc5nccc(Cl)n5)C(=O)N4C3)c3oc4ccc(F)cc4c3n2)cc1. The van der Waals surface area contributed by atoms with Gasteiger partial charge >= 0.3 is 0 Å². The third kappa shape index (κ3) is 9.15. The second-order valence-electron chi connectivity index (χ2n) is 17.5. The molecular weight excluding hydrogens is 851 g/mol. The summed E-state index contributed by atoms with van der Waals surface area (Å²) in [5, 5.41) is 0.0331. The molecule has 14 nitrogen and oxygen atoms in total. The quantitative estimate of drug-likeness (QED) is 0.107. The van der Waals surface area contributed by atoms with Crippen LogP contribution in [0.25, 0.3) is 33.5 Å². The summed E-state index contributed by atoms with van der Waals surface area (Å²) in [6, 6.07) is 11.9. The van der Waals surface area contributed by atoms with Crippen LogP contribution in [0.4, 0.5) is 4.39 Å². The molecule has 0 radical (unpaired) electrons. The van der Waals surface area contributed by atoms with Gasteiger partial charge in [0.25, 0.3) is 5.88 Å². The lowest BCUT2D eigenvalue weighted by Gasteiger charge is -2.29. The van der Waals surface area contributed by atoms with Crippen molar-refractivity contribution in [2.24, 2.45) is 17.3 Å². The van der Waals surface area contributed by atoms with Crippen molar-refractivity contribution in [3.8, 4) is 23.0 Å². The number of hydrogen-bond donors (Lipinski definition) is 1. The minimum absolute atomic E-state index is 0.0162. The fourth-order valence-corrected chi connectivity index (χ4v) is 10.5. The molecule has 2 amide bonds. The fraction of sp³-hybridized carbons (Fsp3) is 0.457. The van der Waals surface area contributed by atoms with Gasteiger partial charge in [0.05, 0.1) is 29.4 Å². The van der Waals surface area contributed by atoms with E-state index in [-0.39, 0.29) is 72.0 Å². The van der Waals surface area contributed by atoms with Gasteiger partial charge in [-0.25, -0.2) is 27.8 Å². The third-order valence-electron chi connectivity index (χ3n) is 12.4. The molecule has 5 aromatic rings. The van der Waals surface area contributed by atoms with Crippen LogP contribution in [0.1, 0.15) is 83.9 Å². The number of carbonyl (C=O) groups is 3. The molecule has 2 saturated carbocycles. The topological polar surface area (TPSA) is 184 Å². The highest BCUT2D eigenvalue weighted by Gasteiger charge is 2.61. The number of nitrogens with zero attached hydrogens (tertiary/aromatic N) is 5. The van der Waals surface area contributed by atoms with Gasteiger partial charge in [-0.3, -0.25) is 19.1 Å². The zero-order chi connectivity index (χ0) is 44.0. The Bertz CT molecular complexity index is 2730. The van der Waals surface area contributed by atoms with E-state index in [1.54, 1.807) is 30.3 Å².